The van der Waals surface area contributed by atoms with Crippen molar-refractivity contribution >= 4 is 28.6 Å². The number of aromatic carboxylic acids is 1. The fourth-order valence-corrected chi connectivity index (χ4v) is 5.68. The van der Waals surface area contributed by atoms with Crippen LogP contribution in [0.1, 0.15) is 51.9 Å². The molecule has 1 amide bonds. The van der Waals surface area contributed by atoms with E-state index >= 15 is 0 Å². The van der Waals surface area contributed by atoms with Crippen LogP contribution in [0.15, 0.2) is 115 Å². The SMILES string of the molecule is CCCCc1nc2ccc(NC(=O)c3ccc(-c4ccccc4)cc3)cc2n1-c1cccc(-c2ccccc2C(=O)O)c1C. The van der Waals surface area contributed by atoms with Crippen LogP contribution in [0.25, 0.3) is 39.0 Å². The summed E-state index contributed by atoms with van der Waals surface area (Å²) in [6.45, 7) is 4.17. The Bertz CT molecular complexity index is 1980. The third kappa shape index (κ3) is 5.62. The van der Waals surface area contributed by atoms with E-state index in [9.17, 15) is 14.7 Å². The second kappa shape index (κ2) is 12.4. The molecule has 0 saturated carbocycles. The van der Waals surface area contributed by atoms with Crippen molar-refractivity contribution in [3.05, 3.63) is 138 Å². The lowest BCUT2D eigenvalue weighted by atomic mass is 9.95. The predicted octanol–water partition coefficient (Wildman–Crippen LogP) is 8.96. The van der Waals surface area contributed by atoms with E-state index < -0.39 is 5.97 Å². The fourth-order valence-electron chi connectivity index (χ4n) is 5.68. The highest BCUT2D eigenvalue weighted by Gasteiger charge is 2.19. The number of aromatic nitrogens is 2. The summed E-state index contributed by atoms with van der Waals surface area (Å²) >= 11 is 0. The van der Waals surface area contributed by atoms with E-state index in [4.69, 9.17) is 4.98 Å². The van der Waals surface area contributed by atoms with Gasteiger partial charge in [-0.3, -0.25) is 9.36 Å². The average molecular weight is 580 g/mol. The van der Waals surface area contributed by atoms with Gasteiger partial charge in [-0.2, -0.15) is 0 Å². The third-order valence-electron chi connectivity index (χ3n) is 7.98. The van der Waals surface area contributed by atoms with Crippen molar-refractivity contribution in [3.63, 3.8) is 0 Å². The third-order valence-corrected chi connectivity index (χ3v) is 7.98. The molecule has 0 aliphatic carbocycles. The Balaban J connectivity index is 1.38. The number of imidazole rings is 1. The summed E-state index contributed by atoms with van der Waals surface area (Å²) in [5.41, 5.74) is 8.76. The minimum atomic E-state index is -0.961. The van der Waals surface area contributed by atoms with Crippen LogP contribution in [0.2, 0.25) is 0 Å². The molecule has 0 aliphatic rings. The Kier molecular flexibility index (Phi) is 8.06. The van der Waals surface area contributed by atoms with E-state index in [-0.39, 0.29) is 11.5 Å². The largest absolute Gasteiger partial charge is 0.478 e. The molecule has 1 heterocycles. The summed E-state index contributed by atoms with van der Waals surface area (Å²) in [5, 5.41) is 12.9. The highest BCUT2D eigenvalue weighted by molar-refractivity contribution is 6.05. The number of benzene rings is 5. The van der Waals surface area contributed by atoms with Crippen molar-refractivity contribution < 1.29 is 14.7 Å². The molecule has 0 bridgehead atoms. The van der Waals surface area contributed by atoms with Crippen LogP contribution in [-0.4, -0.2) is 26.5 Å². The molecule has 218 valence electrons. The number of nitrogens with zero attached hydrogens (tertiary/aromatic N) is 2. The van der Waals surface area contributed by atoms with Crippen LogP contribution in [0.3, 0.4) is 0 Å². The van der Waals surface area contributed by atoms with E-state index in [0.29, 0.717) is 16.8 Å². The number of fused-ring (bicyclic) bond motifs is 1. The number of hydrogen-bond acceptors (Lipinski definition) is 3. The topological polar surface area (TPSA) is 84.2 Å². The maximum absolute atomic E-state index is 13.3. The molecule has 6 rings (SSSR count). The molecule has 0 atom stereocenters. The summed E-state index contributed by atoms with van der Waals surface area (Å²) in [4.78, 5) is 30.3. The number of carboxylic acid groups (broad SMARTS) is 1. The normalized spacial score (nSPS) is 11.0. The highest BCUT2D eigenvalue weighted by Crippen LogP contribution is 2.34. The molecule has 0 fully saturated rings. The number of unbranched alkanes of at least 4 members (excludes halogenated alkanes) is 1. The van der Waals surface area contributed by atoms with E-state index in [2.05, 4.69) is 16.8 Å². The molecule has 6 heteroatoms. The van der Waals surface area contributed by atoms with Gasteiger partial charge in [0.15, 0.2) is 0 Å². The van der Waals surface area contributed by atoms with E-state index in [0.717, 1.165) is 64.1 Å². The van der Waals surface area contributed by atoms with Gasteiger partial charge in [0.2, 0.25) is 0 Å². The summed E-state index contributed by atoms with van der Waals surface area (Å²) in [7, 11) is 0. The van der Waals surface area contributed by atoms with Gasteiger partial charge in [-0.25, -0.2) is 9.78 Å². The maximum Gasteiger partial charge on any atom is 0.336 e. The number of nitrogens with one attached hydrogen (secondary N) is 1. The van der Waals surface area contributed by atoms with Gasteiger partial charge in [-0.05, 0) is 83.6 Å². The first-order chi connectivity index (χ1) is 21.4. The number of rotatable bonds is 9. The molecular formula is C38H33N3O3. The number of anilines is 1. The molecule has 0 spiro atoms. The number of hydrogen-bond donors (Lipinski definition) is 2. The van der Waals surface area contributed by atoms with Crippen molar-refractivity contribution in [3.8, 4) is 27.9 Å². The van der Waals surface area contributed by atoms with Crippen molar-refractivity contribution in [1.29, 1.82) is 0 Å². The average Bonchev–Trinajstić information content (AvgIpc) is 3.41. The van der Waals surface area contributed by atoms with Crippen molar-refractivity contribution in [2.75, 3.05) is 5.32 Å². The molecule has 2 N–H and O–H groups in total. The van der Waals surface area contributed by atoms with Gasteiger partial charge in [0.25, 0.3) is 5.91 Å². The number of carbonyl (C=O) groups is 2. The quantitative estimate of drug-likeness (QED) is 0.179. The Morgan fingerprint density at radius 2 is 1.50 bits per heavy atom. The molecule has 1 aromatic heterocycles. The molecule has 0 radical (unpaired) electrons. The first-order valence-corrected chi connectivity index (χ1v) is 14.9. The van der Waals surface area contributed by atoms with Gasteiger partial charge in [0, 0.05) is 17.7 Å². The maximum atomic E-state index is 13.3. The summed E-state index contributed by atoms with van der Waals surface area (Å²) in [6.07, 6.45) is 2.79. The number of amides is 1. The van der Waals surface area contributed by atoms with Gasteiger partial charge in [-0.1, -0.05) is 86.1 Å². The van der Waals surface area contributed by atoms with E-state index in [1.54, 1.807) is 12.1 Å². The van der Waals surface area contributed by atoms with Gasteiger partial charge in [0.1, 0.15) is 5.82 Å². The van der Waals surface area contributed by atoms with Crippen LogP contribution >= 0.6 is 0 Å². The minimum absolute atomic E-state index is 0.190. The molecular weight excluding hydrogens is 546 g/mol. The van der Waals surface area contributed by atoms with Crippen LogP contribution in [0, 0.1) is 6.92 Å². The van der Waals surface area contributed by atoms with Crippen LogP contribution < -0.4 is 5.32 Å². The molecule has 5 aromatic carbocycles. The smallest absolute Gasteiger partial charge is 0.336 e. The van der Waals surface area contributed by atoms with E-state index in [1.165, 1.54) is 0 Å². The van der Waals surface area contributed by atoms with Crippen LogP contribution in [0.4, 0.5) is 5.69 Å². The summed E-state index contributed by atoms with van der Waals surface area (Å²) in [5.74, 6) is -0.226. The zero-order valence-corrected chi connectivity index (χ0v) is 24.7. The second-order valence-electron chi connectivity index (χ2n) is 10.9. The van der Waals surface area contributed by atoms with Gasteiger partial charge < -0.3 is 10.4 Å². The lowest BCUT2D eigenvalue weighted by Crippen LogP contribution is -2.12. The first kappa shape index (κ1) is 28.6. The molecule has 6 aromatic rings. The lowest BCUT2D eigenvalue weighted by Gasteiger charge is -2.17. The number of aryl methyl sites for hydroxylation is 1. The van der Waals surface area contributed by atoms with Gasteiger partial charge in [-0.15, -0.1) is 0 Å². The molecule has 0 aliphatic heterocycles. The second-order valence-corrected chi connectivity index (χ2v) is 10.9. The molecule has 44 heavy (non-hydrogen) atoms. The highest BCUT2D eigenvalue weighted by atomic mass is 16.4. The Morgan fingerprint density at radius 1 is 0.795 bits per heavy atom. The standard InChI is InChI=1S/C38H33N3O3/c1-3-4-17-36-40-33-23-22-29(39-37(42)28-20-18-27(19-21-28)26-11-6-5-7-12-26)24-35(33)41(36)34-16-10-15-30(25(34)2)31-13-8-9-14-32(31)38(43)44/h5-16,18-24H,3-4,17H2,1-2H3,(H,39,42)(H,43,44). The summed E-state index contributed by atoms with van der Waals surface area (Å²) in [6, 6.07) is 36.5. The van der Waals surface area contributed by atoms with Gasteiger partial charge >= 0.3 is 5.97 Å². The van der Waals surface area contributed by atoms with Crippen LogP contribution in [0.5, 0.6) is 0 Å². The van der Waals surface area contributed by atoms with Crippen molar-refractivity contribution in [2.24, 2.45) is 0 Å². The molecule has 6 nitrogen and oxygen atoms in total. The molecule has 0 saturated heterocycles. The Morgan fingerprint density at radius 3 is 2.25 bits per heavy atom. The van der Waals surface area contributed by atoms with Crippen molar-refractivity contribution in [1.82, 2.24) is 9.55 Å². The summed E-state index contributed by atoms with van der Waals surface area (Å²) < 4.78 is 2.15. The minimum Gasteiger partial charge on any atom is -0.478 e. The lowest BCUT2D eigenvalue weighted by molar-refractivity contribution is 0.0697. The number of carbonyl (C=O) groups excluding carboxylic acids is 1. The first-order valence-electron chi connectivity index (χ1n) is 14.9. The fraction of sp³-hybridized carbons (Fsp3) is 0.132. The monoisotopic (exact) mass is 579 g/mol. The Labute approximate surface area is 256 Å². The number of carboxylic acids is 1. The van der Waals surface area contributed by atoms with Gasteiger partial charge in [0.05, 0.1) is 22.3 Å². The van der Waals surface area contributed by atoms with E-state index in [1.807, 2.05) is 110 Å². The predicted molar refractivity (Wildman–Crippen MR) is 177 cm³/mol. The Hall–Kier alpha value is -5.49. The zero-order chi connectivity index (χ0) is 30.6. The zero-order valence-electron chi connectivity index (χ0n) is 24.7. The van der Waals surface area contributed by atoms with Crippen molar-refractivity contribution in [2.45, 2.75) is 33.1 Å². The van der Waals surface area contributed by atoms with Crippen LogP contribution in [-0.2, 0) is 6.42 Å². The molecule has 0 unspecified atom stereocenters.